The van der Waals surface area contributed by atoms with Gasteiger partial charge in [-0.1, -0.05) is 12.5 Å². The van der Waals surface area contributed by atoms with E-state index in [9.17, 15) is 9.50 Å². The summed E-state index contributed by atoms with van der Waals surface area (Å²) < 4.78 is 13.3. The van der Waals surface area contributed by atoms with Crippen LogP contribution in [0.3, 0.4) is 0 Å². The van der Waals surface area contributed by atoms with E-state index in [4.69, 9.17) is 0 Å². The summed E-state index contributed by atoms with van der Waals surface area (Å²) >= 11 is 0. The van der Waals surface area contributed by atoms with Crippen LogP contribution in [0.4, 0.5) is 4.39 Å². The zero-order chi connectivity index (χ0) is 14.1. The van der Waals surface area contributed by atoms with Crippen LogP contribution in [0.5, 0.6) is 5.75 Å². The van der Waals surface area contributed by atoms with E-state index in [1.165, 1.54) is 44.2 Å². The number of phenolic OH excluding ortho intramolecular Hbond substituents is 1. The first-order valence-electron chi connectivity index (χ1n) is 7.56. The zero-order valence-corrected chi connectivity index (χ0v) is 12.0. The molecule has 2 unspecified atom stereocenters. The van der Waals surface area contributed by atoms with Crippen LogP contribution in [0.2, 0.25) is 0 Å². The number of piperidine rings is 2. The fourth-order valence-corrected chi connectivity index (χ4v) is 3.71. The van der Waals surface area contributed by atoms with Gasteiger partial charge in [-0.05, 0) is 50.4 Å². The van der Waals surface area contributed by atoms with Gasteiger partial charge in [0.2, 0.25) is 0 Å². The van der Waals surface area contributed by atoms with Crippen LogP contribution in [0.25, 0.3) is 0 Å². The lowest BCUT2D eigenvalue weighted by Gasteiger charge is -2.47. The van der Waals surface area contributed by atoms with Crippen LogP contribution < -0.4 is 5.32 Å². The van der Waals surface area contributed by atoms with Crippen LogP contribution in [0, 0.1) is 5.82 Å². The van der Waals surface area contributed by atoms with E-state index in [-0.39, 0.29) is 5.75 Å². The highest BCUT2D eigenvalue weighted by atomic mass is 19.1. The fraction of sp³-hybridized carbons (Fsp3) is 0.625. The lowest BCUT2D eigenvalue weighted by Crippen LogP contribution is -2.54. The van der Waals surface area contributed by atoms with Gasteiger partial charge in [0.15, 0.2) is 11.6 Å². The molecule has 0 radical (unpaired) electrons. The Hall–Kier alpha value is -1.13. The zero-order valence-electron chi connectivity index (χ0n) is 12.0. The van der Waals surface area contributed by atoms with Gasteiger partial charge in [0.05, 0.1) is 0 Å². The quantitative estimate of drug-likeness (QED) is 0.892. The van der Waals surface area contributed by atoms with Crippen molar-refractivity contribution in [3.8, 4) is 5.75 Å². The Labute approximate surface area is 119 Å². The minimum absolute atomic E-state index is 0.275. The highest BCUT2D eigenvalue weighted by Gasteiger charge is 2.35. The van der Waals surface area contributed by atoms with Gasteiger partial charge in [-0.25, -0.2) is 4.39 Å². The molecule has 0 amide bonds. The smallest absolute Gasteiger partial charge is 0.165 e. The van der Waals surface area contributed by atoms with E-state index >= 15 is 0 Å². The Morgan fingerprint density at radius 1 is 1.30 bits per heavy atom. The number of benzene rings is 1. The predicted molar refractivity (Wildman–Crippen MR) is 77.1 cm³/mol. The molecular formula is C16H23FN2O. The minimum atomic E-state index is -0.537. The standard InChI is InChI=1S/C16H23FN2O/c1-19-13-3-2-4-14(19)9-12(8-13)18-10-11-5-6-16(20)15(17)7-11/h5-7,12-14,18,20H,2-4,8-10H2,1H3. The van der Waals surface area contributed by atoms with Crippen molar-refractivity contribution in [2.24, 2.45) is 0 Å². The van der Waals surface area contributed by atoms with Crippen LogP contribution in [-0.4, -0.2) is 35.2 Å². The number of nitrogens with one attached hydrogen (secondary N) is 1. The lowest BCUT2D eigenvalue weighted by atomic mass is 9.82. The van der Waals surface area contributed by atoms with Gasteiger partial charge in [-0.15, -0.1) is 0 Å². The predicted octanol–water partition coefficient (Wildman–Crippen LogP) is 2.64. The molecule has 4 heteroatoms. The summed E-state index contributed by atoms with van der Waals surface area (Å²) in [6.07, 6.45) is 6.34. The third kappa shape index (κ3) is 2.81. The molecule has 1 aromatic carbocycles. The first-order valence-corrected chi connectivity index (χ1v) is 7.56. The van der Waals surface area contributed by atoms with Gasteiger partial charge in [-0.3, -0.25) is 0 Å². The van der Waals surface area contributed by atoms with E-state index in [1.807, 2.05) is 0 Å². The molecule has 2 atom stereocenters. The number of fused-ring (bicyclic) bond motifs is 2. The van der Waals surface area contributed by atoms with Crippen molar-refractivity contribution in [1.29, 1.82) is 0 Å². The Morgan fingerprint density at radius 3 is 2.65 bits per heavy atom. The maximum Gasteiger partial charge on any atom is 0.165 e. The van der Waals surface area contributed by atoms with Gasteiger partial charge in [0, 0.05) is 24.7 Å². The summed E-state index contributed by atoms with van der Waals surface area (Å²) in [5.41, 5.74) is 0.893. The highest BCUT2D eigenvalue weighted by molar-refractivity contribution is 5.27. The van der Waals surface area contributed by atoms with Crippen molar-refractivity contribution in [2.75, 3.05) is 7.05 Å². The SMILES string of the molecule is CN1C2CCCC1CC(NCc1ccc(O)c(F)c1)C2. The summed E-state index contributed by atoms with van der Waals surface area (Å²) in [5, 5.41) is 12.8. The molecule has 0 aromatic heterocycles. The molecule has 2 aliphatic heterocycles. The molecule has 3 nitrogen and oxygen atoms in total. The van der Waals surface area contributed by atoms with Crippen molar-refractivity contribution in [3.05, 3.63) is 29.6 Å². The number of halogens is 1. The van der Waals surface area contributed by atoms with Crippen LogP contribution >= 0.6 is 0 Å². The molecule has 110 valence electrons. The molecule has 0 aliphatic carbocycles. The number of phenols is 1. The van der Waals surface area contributed by atoms with E-state index in [2.05, 4.69) is 17.3 Å². The van der Waals surface area contributed by atoms with Gasteiger partial charge >= 0.3 is 0 Å². The molecule has 1 aromatic rings. The summed E-state index contributed by atoms with van der Waals surface area (Å²) in [6.45, 7) is 0.672. The van der Waals surface area contributed by atoms with Crippen LogP contribution in [0.1, 0.15) is 37.7 Å². The molecule has 0 spiro atoms. The van der Waals surface area contributed by atoms with E-state index in [0.717, 1.165) is 5.56 Å². The lowest BCUT2D eigenvalue weighted by molar-refractivity contribution is 0.0482. The number of aromatic hydroxyl groups is 1. The highest BCUT2D eigenvalue weighted by Crippen LogP contribution is 2.32. The maximum atomic E-state index is 13.3. The van der Waals surface area contributed by atoms with Crippen molar-refractivity contribution in [2.45, 2.75) is 56.8 Å². The molecule has 2 aliphatic rings. The second-order valence-corrected chi connectivity index (χ2v) is 6.24. The molecule has 2 N–H and O–H groups in total. The average Bonchev–Trinajstić information content (AvgIpc) is 2.41. The normalized spacial score (nSPS) is 30.4. The molecule has 2 fully saturated rings. The first-order chi connectivity index (χ1) is 9.63. The van der Waals surface area contributed by atoms with Gasteiger partial charge in [-0.2, -0.15) is 0 Å². The Kier molecular flexibility index (Phi) is 3.94. The van der Waals surface area contributed by atoms with Crippen molar-refractivity contribution in [3.63, 3.8) is 0 Å². The Balaban J connectivity index is 1.57. The molecule has 0 saturated carbocycles. The first kappa shape index (κ1) is 13.8. The average molecular weight is 278 g/mol. The van der Waals surface area contributed by atoms with E-state index in [0.29, 0.717) is 24.7 Å². The number of nitrogens with zero attached hydrogens (tertiary/aromatic N) is 1. The minimum Gasteiger partial charge on any atom is -0.505 e. The molecular weight excluding hydrogens is 255 g/mol. The third-order valence-electron chi connectivity index (χ3n) is 4.95. The van der Waals surface area contributed by atoms with E-state index < -0.39 is 5.82 Å². The molecule has 3 rings (SSSR count). The topological polar surface area (TPSA) is 35.5 Å². The van der Waals surface area contributed by atoms with Crippen LogP contribution in [0.15, 0.2) is 18.2 Å². The molecule has 2 bridgehead atoms. The van der Waals surface area contributed by atoms with E-state index in [1.54, 1.807) is 6.07 Å². The largest absolute Gasteiger partial charge is 0.505 e. The van der Waals surface area contributed by atoms with Crippen molar-refractivity contribution in [1.82, 2.24) is 10.2 Å². The number of hydrogen-bond acceptors (Lipinski definition) is 3. The second-order valence-electron chi connectivity index (χ2n) is 6.24. The van der Waals surface area contributed by atoms with Crippen molar-refractivity contribution >= 4 is 0 Å². The van der Waals surface area contributed by atoms with Crippen molar-refractivity contribution < 1.29 is 9.50 Å². The monoisotopic (exact) mass is 278 g/mol. The Bertz CT molecular complexity index is 466. The summed E-state index contributed by atoms with van der Waals surface area (Å²) in [5.74, 6) is -0.813. The Morgan fingerprint density at radius 2 is 2.00 bits per heavy atom. The van der Waals surface area contributed by atoms with Gasteiger partial charge < -0.3 is 15.3 Å². The van der Waals surface area contributed by atoms with Gasteiger partial charge in [0.25, 0.3) is 0 Å². The summed E-state index contributed by atoms with van der Waals surface area (Å²) in [4.78, 5) is 2.54. The molecule has 2 saturated heterocycles. The van der Waals surface area contributed by atoms with Gasteiger partial charge in [0.1, 0.15) is 0 Å². The summed E-state index contributed by atoms with van der Waals surface area (Å²) in [7, 11) is 2.25. The maximum absolute atomic E-state index is 13.3. The van der Waals surface area contributed by atoms with Crippen LogP contribution in [-0.2, 0) is 6.54 Å². The second kappa shape index (κ2) is 5.70. The molecule has 2 heterocycles. The summed E-state index contributed by atoms with van der Waals surface area (Å²) in [6, 6.07) is 6.56. The number of rotatable bonds is 3. The third-order valence-corrected chi connectivity index (χ3v) is 4.95. The fourth-order valence-electron chi connectivity index (χ4n) is 3.71. The number of hydrogen-bond donors (Lipinski definition) is 2. The molecule has 20 heavy (non-hydrogen) atoms.